The van der Waals surface area contributed by atoms with Crippen molar-refractivity contribution in [3.8, 4) is 0 Å². The highest BCUT2D eigenvalue weighted by Crippen LogP contribution is 2.74. The molecule has 2 aliphatic carbocycles. The first kappa shape index (κ1) is 11.2. The number of fused-ring (bicyclic) bond motifs is 1. The number of hydrogen-bond donors (Lipinski definition) is 0. The zero-order valence-corrected chi connectivity index (χ0v) is 11.2. The smallest absolute Gasteiger partial charge is 0.0104 e. The van der Waals surface area contributed by atoms with Crippen molar-refractivity contribution >= 4 is 0 Å². The number of allylic oxidation sites excluding steroid dienone is 2. The van der Waals surface area contributed by atoms with Gasteiger partial charge in [-0.15, -0.1) is 0 Å². The van der Waals surface area contributed by atoms with Crippen molar-refractivity contribution < 1.29 is 0 Å². The molecule has 2 rings (SSSR count). The molecule has 0 aromatic carbocycles. The number of hydrogen-bond acceptors (Lipinski definition) is 0. The minimum absolute atomic E-state index is 0.660. The van der Waals surface area contributed by atoms with Crippen molar-refractivity contribution in [1.82, 2.24) is 0 Å². The van der Waals surface area contributed by atoms with Gasteiger partial charge in [-0.1, -0.05) is 46.3 Å². The van der Waals surface area contributed by atoms with Crippen LogP contribution in [0.15, 0.2) is 11.6 Å². The van der Waals surface area contributed by atoms with E-state index in [1.54, 1.807) is 5.57 Å². The molecule has 0 radical (unpaired) electrons. The Bertz CT molecular complexity index is 284. The first-order valence-corrected chi connectivity index (χ1v) is 6.59. The lowest BCUT2D eigenvalue weighted by atomic mass is 9.81. The van der Waals surface area contributed by atoms with Crippen molar-refractivity contribution in [3.63, 3.8) is 0 Å². The van der Waals surface area contributed by atoms with Crippen LogP contribution in [0.4, 0.5) is 0 Å². The van der Waals surface area contributed by atoms with Crippen molar-refractivity contribution in [3.05, 3.63) is 11.6 Å². The van der Waals surface area contributed by atoms with E-state index in [-0.39, 0.29) is 0 Å². The van der Waals surface area contributed by atoms with E-state index in [4.69, 9.17) is 0 Å². The van der Waals surface area contributed by atoms with E-state index >= 15 is 0 Å². The fourth-order valence-corrected chi connectivity index (χ4v) is 4.11. The average molecular weight is 206 g/mol. The molecule has 0 amide bonds. The van der Waals surface area contributed by atoms with Gasteiger partial charge in [0.15, 0.2) is 0 Å². The molecule has 0 bridgehead atoms. The third kappa shape index (κ3) is 1.33. The summed E-state index contributed by atoms with van der Waals surface area (Å²) in [7, 11) is 0. The molecule has 0 aliphatic heterocycles. The zero-order valence-electron chi connectivity index (χ0n) is 11.2. The topological polar surface area (TPSA) is 0 Å². The fraction of sp³-hybridized carbons (Fsp3) is 0.867. The Kier molecular flexibility index (Phi) is 2.52. The van der Waals surface area contributed by atoms with Crippen LogP contribution in [0, 0.1) is 35.0 Å². The van der Waals surface area contributed by atoms with Crippen LogP contribution < -0.4 is 0 Å². The Morgan fingerprint density at radius 3 is 2.20 bits per heavy atom. The minimum Gasteiger partial charge on any atom is -0.0847 e. The molecule has 86 valence electrons. The molecule has 0 nitrogen and oxygen atoms in total. The number of rotatable bonds is 3. The largest absolute Gasteiger partial charge is 0.0847 e. The highest BCUT2D eigenvalue weighted by molar-refractivity contribution is 5.33. The van der Waals surface area contributed by atoms with Crippen LogP contribution in [-0.4, -0.2) is 0 Å². The third-order valence-corrected chi connectivity index (χ3v) is 5.41. The Morgan fingerprint density at radius 2 is 1.80 bits per heavy atom. The van der Waals surface area contributed by atoms with Gasteiger partial charge in [0.1, 0.15) is 0 Å². The van der Waals surface area contributed by atoms with E-state index in [0.29, 0.717) is 5.41 Å². The van der Waals surface area contributed by atoms with Crippen LogP contribution in [-0.2, 0) is 0 Å². The Morgan fingerprint density at radius 1 is 1.20 bits per heavy atom. The standard InChI is InChI=1S/C15H26/c1-9(2)12(6)14-13-11(5)7-8-15(13,14)10(3)4/h7,9-10,12-14H,8H2,1-6H3/t12-,13?,14+,15?/m1/s1. The monoisotopic (exact) mass is 206 g/mol. The lowest BCUT2D eigenvalue weighted by Crippen LogP contribution is -2.17. The van der Waals surface area contributed by atoms with E-state index in [1.165, 1.54) is 6.42 Å². The molecular weight excluding hydrogens is 180 g/mol. The summed E-state index contributed by atoms with van der Waals surface area (Å²) in [5, 5.41) is 0. The van der Waals surface area contributed by atoms with E-state index in [2.05, 4.69) is 47.6 Å². The first-order chi connectivity index (χ1) is 6.93. The molecule has 0 aromatic heterocycles. The maximum atomic E-state index is 2.49. The molecule has 0 aromatic rings. The second-order valence-electron chi connectivity index (χ2n) is 6.53. The summed E-state index contributed by atoms with van der Waals surface area (Å²) in [5.41, 5.74) is 2.34. The van der Waals surface area contributed by atoms with Crippen LogP contribution in [0.25, 0.3) is 0 Å². The molecule has 15 heavy (non-hydrogen) atoms. The molecule has 1 saturated carbocycles. The molecule has 0 spiro atoms. The van der Waals surface area contributed by atoms with Gasteiger partial charge in [0.2, 0.25) is 0 Å². The zero-order chi connectivity index (χ0) is 11.4. The summed E-state index contributed by atoms with van der Waals surface area (Å²) in [6, 6.07) is 0. The lowest BCUT2D eigenvalue weighted by molar-refractivity contribution is 0.255. The van der Waals surface area contributed by atoms with Gasteiger partial charge in [-0.25, -0.2) is 0 Å². The normalized spacial score (nSPS) is 40.7. The molecule has 0 N–H and O–H groups in total. The molecule has 4 atom stereocenters. The Balaban J connectivity index is 2.20. The SMILES string of the molecule is CC1=CCC2(C(C)C)C1[C@@H]2[C@H](C)C(C)C. The molecule has 2 unspecified atom stereocenters. The van der Waals surface area contributed by atoms with E-state index in [1.807, 2.05) is 0 Å². The summed E-state index contributed by atoms with van der Waals surface area (Å²) >= 11 is 0. The second kappa shape index (κ2) is 3.37. The summed E-state index contributed by atoms with van der Waals surface area (Å²) in [6.45, 7) is 14.4. The predicted octanol–water partition coefficient (Wildman–Crippen LogP) is 4.52. The van der Waals surface area contributed by atoms with Crippen LogP contribution in [0.2, 0.25) is 0 Å². The molecule has 0 saturated heterocycles. The van der Waals surface area contributed by atoms with Crippen molar-refractivity contribution in [2.24, 2.45) is 35.0 Å². The third-order valence-electron chi connectivity index (χ3n) is 5.41. The van der Waals surface area contributed by atoms with Gasteiger partial charge in [0.25, 0.3) is 0 Å². The van der Waals surface area contributed by atoms with Gasteiger partial charge in [-0.05, 0) is 48.3 Å². The molecule has 1 fully saturated rings. The Labute approximate surface area is 95.1 Å². The van der Waals surface area contributed by atoms with Crippen molar-refractivity contribution in [2.45, 2.75) is 48.0 Å². The van der Waals surface area contributed by atoms with E-state index < -0.39 is 0 Å². The molecule has 0 heterocycles. The van der Waals surface area contributed by atoms with Gasteiger partial charge in [0.05, 0.1) is 0 Å². The quantitative estimate of drug-likeness (QED) is 0.596. The highest BCUT2D eigenvalue weighted by Gasteiger charge is 2.68. The van der Waals surface area contributed by atoms with Gasteiger partial charge in [0, 0.05) is 0 Å². The molecular formula is C15H26. The highest BCUT2D eigenvalue weighted by atomic mass is 14.7. The predicted molar refractivity (Wildman–Crippen MR) is 66.6 cm³/mol. The molecule has 0 heteroatoms. The van der Waals surface area contributed by atoms with Gasteiger partial charge >= 0.3 is 0 Å². The van der Waals surface area contributed by atoms with Crippen LogP contribution in [0.5, 0.6) is 0 Å². The lowest BCUT2D eigenvalue weighted by Gasteiger charge is -2.24. The van der Waals surface area contributed by atoms with E-state index in [0.717, 1.165) is 29.6 Å². The van der Waals surface area contributed by atoms with Crippen molar-refractivity contribution in [2.75, 3.05) is 0 Å². The van der Waals surface area contributed by atoms with Crippen molar-refractivity contribution in [1.29, 1.82) is 0 Å². The second-order valence-corrected chi connectivity index (χ2v) is 6.53. The van der Waals surface area contributed by atoms with E-state index in [9.17, 15) is 0 Å². The first-order valence-electron chi connectivity index (χ1n) is 6.59. The van der Waals surface area contributed by atoms with Crippen LogP contribution in [0.1, 0.15) is 48.0 Å². The minimum atomic E-state index is 0.660. The van der Waals surface area contributed by atoms with Crippen LogP contribution in [0.3, 0.4) is 0 Å². The van der Waals surface area contributed by atoms with Gasteiger partial charge < -0.3 is 0 Å². The fourth-order valence-electron chi connectivity index (χ4n) is 4.11. The summed E-state index contributed by atoms with van der Waals surface area (Å²) in [6.07, 6.45) is 3.84. The van der Waals surface area contributed by atoms with Gasteiger partial charge in [-0.2, -0.15) is 0 Å². The summed E-state index contributed by atoms with van der Waals surface area (Å²) in [5.74, 6) is 4.48. The average Bonchev–Trinajstić information content (AvgIpc) is 2.72. The Hall–Kier alpha value is -0.260. The summed E-state index contributed by atoms with van der Waals surface area (Å²) < 4.78 is 0. The van der Waals surface area contributed by atoms with Crippen LogP contribution >= 0.6 is 0 Å². The maximum absolute atomic E-state index is 2.49. The summed E-state index contributed by atoms with van der Waals surface area (Å²) in [4.78, 5) is 0. The van der Waals surface area contributed by atoms with Gasteiger partial charge in [-0.3, -0.25) is 0 Å². The maximum Gasteiger partial charge on any atom is -0.0104 e. The molecule has 2 aliphatic rings.